The van der Waals surface area contributed by atoms with E-state index in [1.807, 2.05) is 13.0 Å². The number of esters is 1. The van der Waals surface area contributed by atoms with Crippen molar-refractivity contribution < 1.29 is 39.1 Å². The molecule has 3 rings (SSSR count). The van der Waals surface area contributed by atoms with Crippen molar-refractivity contribution in [2.75, 3.05) is 6.61 Å². The molecule has 0 bridgehead atoms. The minimum absolute atomic E-state index is 0.0916. The highest BCUT2D eigenvalue weighted by Crippen LogP contribution is 2.32. The van der Waals surface area contributed by atoms with E-state index < -0.39 is 55.2 Å². The Morgan fingerprint density at radius 3 is 2.74 bits per heavy atom. The van der Waals surface area contributed by atoms with Gasteiger partial charge < -0.3 is 34.8 Å². The molecule has 0 unspecified atom stereocenters. The zero-order chi connectivity index (χ0) is 19.7. The first kappa shape index (κ1) is 19.6. The van der Waals surface area contributed by atoms with Crippen molar-refractivity contribution in [3.05, 3.63) is 35.6 Å². The number of carbonyl (C=O) groups is 2. The number of fused-ring (bicyclic) bond motifs is 1. The lowest BCUT2D eigenvalue weighted by molar-refractivity contribution is -0.258. The number of ether oxygens (including phenoxy) is 3. The summed E-state index contributed by atoms with van der Waals surface area (Å²) in [6.07, 6.45) is 0.990. The number of allylic oxidation sites excluding steroid dienone is 1. The minimum atomic E-state index is -1.40. The molecule has 9 nitrogen and oxygen atoms in total. The molecule has 27 heavy (non-hydrogen) atoms. The SMILES string of the molecule is CC(=O)N[C@H]1[C@H](OC2=C[C@H]3OC(=O)C=C(C)[C@@H]3C=C2)O[C@H](CO)[C@@H](O)[C@@H]1O. The lowest BCUT2D eigenvalue weighted by Crippen LogP contribution is -2.64. The van der Waals surface area contributed by atoms with Crippen LogP contribution in [-0.4, -0.2) is 70.6 Å². The first-order valence-corrected chi connectivity index (χ1v) is 8.65. The Bertz CT molecular complexity index is 699. The van der Waals surface area contributed by atoms with Gasteiger partial charge in [-0.25, -0.2) is 4.79 Å². The van der Waals surface area contributed by atoms with Crippen LogP contribution < -0.4 is 5.32 Å². The van der Waals surface area contributed by atoms with Gasteiger partial charge in [0.15, 0.2) is 0 Å². The molecule has 3 aliphatic rings. The van der Waals surface area contributed by atoms with Gasteiger partial charge in [-0.3, -0.25) is 4.79 Å². The predicted octanol–water partition coefficient (Wildman–Crippen LogP) is -1.11. The summed E-state index contributed by atoms with van der Waals surface area (Å²) in [6.45, 7) is 2.56. The molecule has 1 amide bonds. The average Bonchev–Trinajstić information content (AvgIpc) is 2.60. The van der Waals surface area contributed by atoms with Crippen molar-refractivity contribution in [1.82, 2.24) is 5.32 Å². The highest BCUT2D eigenvalue weighted by atomic mass is 16.7. The fourth-order valence-electron chi connectivity index (χ4n) is 3.38. The monoisotopic (exact) mass is 381 g/mol. The number of hydrogen-bond donors (Lipinski definition) is 4. The van der Waals surface area contributed by atoms with Crippen LogP contribution in [0.4, 0.5) is 0 Å². The third-order valence-corrected chi connectivity index (χ3v) is 4.78. The Morgan fingerprint density at radius 1 is 1.33 bits per heavy atom. The molecule has 0 radical (unpaired) electrons. The quantitative estimate of drug-likeness (QED) is 0.450. The number of rotatable bonds is 4. The lowest BCUT2D eigenvalue weighted by atomic mass is 9.88. The summed E-state index contributed by atoms with van der Waals surface area (Å²) in [5.74, 6) is -0.657. The largest absolute Gasteiger partial charge is 0.463 e. The number of amides is 1. The van der Waals surface area contributed by atoms with Gasteiger partial charge in [0, 0.05) is 18.9 Å². The summed E-state index contributed by atoms with van der Waals surface area (Å²) in [5.41, 5.74) is 0.867. The van der Waals surface area contributed by atoms with Crippen LogP contribution in [0, 0.1) is 5.92 Å². The van der Waals surface area contributed by atoms with Crippen molar-refractivity contribution >= 4 is 11.9 Å². The fraction of sp³-hybridized carbons (Fsp3) is 0.556. The lowest BCUT2D eigenvalue weighted by Gasteiger charge is -2.42. The molecule has 1 fully saturated rings. The van der Waals surface area contributed by atoms with Crippen LogP contribution in [0.2, 0.25) is 0 Å². The van der Waals surface area contributed by atoms with E-state index in [1.54, 1.807) is 12.2 Å². The number of aliphatic hydroxyl groups is 3. The fourth-order valence-corrected chi connectivity index (χ4v) is 3.38. The Morgan fingerprint density at radius 2 is 2.07 bits per heavy atom. The average molecular weight is 381 g/mol. The normalized spacial score (nSPS) is 38.3. The molecule has 9 heteroatoms. The van der Waals surface area contributed by atoms with E-state index in [0.29, 0.717) is 5.76 Å². The van der Waals surface area contributed by atoms with Gasteiger partial charge in [-0.1, -0.05) is 11.6 Å². The Balaban J connectivity index is 1.78. The molecule has 1 aliphatic carbocycles. The highest BCUT2D eigenvalue weighted by Gasteiger charge is 2.46. The predicted molar refractivity (Wildman–Crippen MR) is 90.8 cm³/mol. The molecule has 0 aromatic carbocycles. The first-order valence-electron chi connectivity index (χ1n) is 8.65. The molecule has 1 saturated heterocycles. The molecule has 2 heterocycles. The Kier molecular flexibility index (Phi) is 5.66. The number of nitrogens with one attached hydrogen (secondary N) is 1. The molecule has 2 aliphatic heterocycles. The van der Waals surface area contributed by atoms with Crippen LogP contribution in [0.25, 0.3) is 0 Å². The van der Waals surface area contributed by atoms with Gasteiger partial charge in [0.05, 0.1) is 6.61 Å². The molecule has 7 atom stereocenters. The van der Waals surface area contributed by atoms with Gasteiger partial charge in [0.25, 0.3) is 0 Å². The second kappa shape index (κ2) is 7.81. The maximum Gasteiger partial charge on any atom is 0.331 e. The van der Waals surface area contributed by atoms with Crippen molar-refractivity contribution in [2.24, 2.45) is 5.92 Å². The van der Waals surface area contributed by atoms with E-state index in [1.165, 1.54) is 13.0 Å². The number of carbonyl (C=O) groups excluding carboxylic acids is 2. The van der Waals surface area contributed by atoms with Gasteiger partial charge in [-0.15, -0.1) is 0 Å². The van der Waals surface area contributed by atoms with E-state index >= 15 is 0 Å². The standard InChI is InChI=1S/C18H23NO8/c1-8-5-14(22)26-12-6-10(3-4-11(8)12)25-18-15(19-9(2)21)17(24)16(23)13(7-20)27-18/h3-6,11-13,15-18,20,23-24H,7H2,1-2H3,(H,19,21)/t11-,12+,13+,15+,16+,17+,18+/m0/s1. The minimum Gasteiger partial charge on any atom is -0.463 e. The number of hydrogen-bond acceptors (Lipinski definition) is 8. The summed E-state index contributed by atoms with van der Waals surface area (Å²) in [7, 11) is 0. The Hall–Kier alpha value is -2.20. The molecule has 148 valence electrons. The van der Waals surface area contributed by atoms with Gasteiger partial charge in [-0.05, 0) is 19.1 Å². The van der Waals surface area contributed by atoms with Crippen molar-refractivity contribution in [1.29, 1.82) is 0 Å². The van der Waals surface area contributed by atoms with Crippen LogP contribution in [0.5, 0.6) is 0 Å². The number of aliphatic hydroxyl groups excluding tert-OH is 3. The summed E-state index contributed by atoms with van der Waals surface area (Å²) in [6, 6.07) is -1.05. The second-order valence-corrected chi connectivity index (χ2v) is 6.79. The van der Waals surface area contributed by atoms with Gasteiger partial charge >= 0.3 is 5.97 Å². The smallest absolute Gasteiger partial charge is 0.331 e. The van der Waals surface area contributed by atoms with Crippen LogP contribution in [0.1, 0.15) is 13.8 Å². The highest BCUT2D eigenvalue weighted by molar-refractivity contribution is 5.84. The molecule has 0 aromatic heterocycles. The Labute approximate surface area is 155 Å². The zero-order valence-corrected chi connectivity index (χ0v) is 14.9. The zero-order valence-electron chi connectivity index (χ0n) is 14.9. The van der Waals surface area contributed by atoms with Crippen molar-refractivity contribution in [3.63, 3.8) is 0 Å². The van der Waals surface area contributed by atoms with Crippen LogP contribution in [0.15, 0.2) is 35.6 Å². The summed E-state index contributed by atoms with van der Waals surface area (Å²) in [5, 5.41) is 32.2. The van der Waals surface area contributed by atoms with Crippen LogP contribution >= 0.6 is 0 Å². The van der Waals surface area contributed by atoms with Crippen LogP contribution in [-0.2, 0) is 23.8 Å². The molecular weight excluding hydrogens is 358 g/mol. The first-order chi connectivity index (χ1) is 12.8. The molecule has 4 N–H and O–H groups in total. The van der Waals surface area contributed by atoms with Gasteiger partial charge in [-0.2, -0.15) is 0 Å². The summed E-state index contributed by atoms with van der Waals surface area (Å²) < 4.78 is 16.6. The third kappa shape index (κ3) is 4.06. The van der Waals surface area contributed by atoms with E-state index in [-0.39, 0.29) is 5.92 Å². The third-order valence-electron chi connectivity index (χ3n) is 4.78. The molecule has 0 aromatic rings. The van der Waals surface area contributed by atoms with E-state index in [4.69, 9.17) is 14.2 Å². The van der Waals surface area contributed by atoms with E-state index in [0.717, 1.165) is 5.57 Å². The second-order valence-electron chi connectivity index (χ2n) is 6.79. The maximum atomic E-state index is 11.6. The van der Waals surface area contributed by atoms with Crippen LogP contribution in [0.3, 0.4) is 0 Å². The van der Waals surface area contributed by atoms with Crippen molar-refractivity contribution in [2.45, 2.75) is 50.6 Å². The summed E-state index contributed by atoms with van der Waals surface area (Å²) in [4.78, 5) is 23.1. The van der Waals surface area contributed by atoms with E-state index in [2.05, 4.69) is 5.32 Å². The van der Waals surface area contributed by atoms with Gasteiger partial charge in [0.2, 0.25) is 12.2 Å². The van der Waals surface area contributed by atoms with Gasteiger partial charge in [0.1, 0.15) is 36.2 Å². The topological polar surface area (TPSA) is 135 Å². The summed E-state index contributed by atoms with van der Waals surface area (Å²) >= 11 is 0. The molecule has 0 saturated carbocycles. The maximum absolute atomic E-state index is 11.6. The van der Waals surface area contributed by atoms with Crippen molar-refractivity contribution in [3.8, 4) is 0 Å². The van der Waals surface area contributed by atoms with E-state index in [9.17, 15) is 24.9 Å². The molecular formula is C18H23NO8. The molecule has 0 spiro atoms.